The molecule has 1 rings (SSSR count). The Morgan fingerprint density at radius 2 is 2.23 bits per heavy atom. The summed E-state index contributed by atoms with van der Waals surface area (Å²) in [6.45, 7) is 4.02. The SMILES string of the molecule is CC(=O)N1CCOC(CN)C1.Cl.Cl. The predicted octanol–water partition coefficient (Wildman–Crippen LogP) is 0.0360. The molecule has 1 aliphatic rings. The summed E-state index contributed by atoms with van der Waals surface area (Å²) in [6, 6.07) is 0. The zero-order chi connectivity index (χ0) is 8.27. The molecule has 1 fully saturated rings. The maximum atomic E-state index is 10.9. The van der Waals surface area contributed by atoms with Crippen LogP contribution in [0.5, 0.6) is 0 Å². The molecule has 1 atom stereocenters. The molecule has 0 aromatic carbocycles. The second-order valence-electron chi connectivity index (χ2n) is 2.69. The maximum Gasteiger partial charge on any atom is 0.219 e. The van der Waals surface area contributed by atoms with E-state index >= 15 is 0 Å². The first-order chi connectivity index (χ1) is 5.24. The van der Waals surface area contributed by atoms with Crippen molar-refractivity contribution in [3.05, 3.63) is 0 Å². The highest BCUT2D eigenvalue weighted by Crippen LogP contribution is 2.03. The lowest BCUT2D eigenvalue weighted by atomic mass is 10.3. The van der Waals surface area contributed by atoms with Crippen molar-refractivity contribution in [1.82, 2.24) is 4.90 Å². The largest absolute Gasteiger partial charge is 0.373 e. The van der Waals surface area contributed by atoms with Gasteiger partial charge in [0.05, 0.1) is 12.7 Å². The van der Waals surface area contributed by atoms with Gasteiger partial charge in [0, 0.05) is 26.6 Å². The highest BCUT2D eigenvalue weighted by Gasteiger charge is 2.20. The third-order valence-corrected chi connectivity index (χ3v) is 1.85. The van der Waals surface area contributed by atoms with Crippen molar-refractivity contribution in [2.75, 3.05) is 26.2 Å². The first-order valence-electron chi connectivity index (χ1n) is 3.81. The van der Waals surface area contributed by atoms with Crippen LogP contribution in [0.3, 0.4) is 0 Å². The molecule has 0 bridgehead atoms. The molecule has 0 spiro atoms. The lowest BCUT2D eigenvalue weighted by molar-refractivity contribution is -0.135. The van der Waals surface area contributed by atoms with Crippen molar-refractivity contribution in [1.29, 1.82) is 0 Å². The number of nitrogens with two attached hydrogens (primary N) is 1. The molecule has 6 heteroatoms. The van der Waals surface area contributed by atoms with Gasteiger partial charge in [-0.25, -0.2) is 0 Å². The molecule has 0 radical (unpaired) electrons. The fourth-order valence-corrected chi connectivity index (χ4v) is 1.15. The van der Waals surface area contributed by atoms with Gasteiger partial charge in [0.2, 0.25) is 5.91 Å². The van der Waals surface area contributed by atoms with Gasteiger partial charge in [-0.1, -0.05) is 0 Å². The quantitative estimate of drug-likeness (QED) is 0.693. The van der Waals surface area contributed by atoms with Gasteiger partial charge in [-0.2, -0.15) is 0 Å². The first kappa shape index (κ1) is 15.4. The third-order valence-electron chi connectivity index (χ3n) is 1.85. The highest BCUT2D eigenvalue weighted by molar-refractivity contribution is 5.85. The Morgan fingerprint density at radius 3 is 2.69 bits per heavy atom. The Morgan fingerprint density at radius 1 is 1.62 bits per heavy atom. The number of carbonyl (C=O) groups is 1. The van der Waals surface area contributed by atoms with E-state index in [0.29, 0.717) is 26.2 Å². The molecule has 0 aromatic heterocycles. The summed E-state index contributed by atoms with van der Waals surface area (Å²) < 4.78 is 5.29. The Labute approximate surface area is 90.6 Å². The van der Waals surface area contributed by atoms with Crippen molar-refractivity contribution >= 4 is 30.7 Å². The zero-order valence-electron chi connectivity index (χ0n) is 7.56. The van der Waals surface area contributed by atoms with Crippen LogP contribution in [0.2, 0.25) is 0 Å². The van der Waals surface area contributed by atoms with Gasteiger partial charge in [0.25, 0.3) is 0 Å². The van der Waals surface area contributed by atoms with Crippen LogP contribution in [0.15, 0.2) is 0 Å². The molecule has 80 valence electrons. The Balaban J connectivity index is 0. The molecule has 13 heavy (non-hydrogen) atoms. The normalized spacial score (nSPS) is 21.4. The van der Waals surface area contributed by atoms with E-state index in [-0.39, 0.29) is 36.8 Å². The van der Waals surface area contributed by atoms with Crippen LogP contribution in [0.1, 0.15) is 6.92 Å². The Hall–Kier alpha value is -0.0300. The fourth-order valence-electron chi connectivity index (χ4n) is 1.15. The lowest BCUT2D eigenvalue weighted by Crippen LogP contribution is -2.47. The Kier molecular flexibility index (Phi) is 8.77. The molecule has 1 amide bonds. The summed E-state index contributed by atoms with van der Waals surface area (Å²) in [5.74, 6) is 0.103. The maximum absolute atomic E-state index is 10.9. The molecular weight excluding hydrogens is 215 g/mol. The van der Waals surface area contributed by atoms with Crippen LogP contribution < -0.4 is 5.73 Å². The number of hydrogen-bond donors (Lipinski definition) is 1. The minimum absolute atomic E-state index is 0. The van der Waals surface area contributed by atoms with Gasteiger partial charge in [-0.15, -0.1) is 24.8 Å². The van der Waals surface area contributed by atoms with Crippen LogP contribution in [0.25, 0.3) is 0 Å². The predicted molar refractivity (Wildman–Crippen MR) is 55.5 cm³/mol. The topological polar surface area (TPSA) is 55.6 Å². The molecule has 1 saturated heterocycles. The Bertz CT molecular complexity index is 157. The van der Waals surface area contributed by atoms with Crippen LogP contribution >= 0.6 is 24.8 Å². The number of nitrogens with zero attached hydrogens (tertiary/aromatic N) is 1. The number of rotatable bonds is 1. The van der Waals surface area contributed by atoms with E-state index in [9.17, 15) is 4.79 Å². The van der Waals surface area contributed by atoms with Gasteiger partial charge in [-0.3, -0.25) is 4.79 Å². The molecule has 0 aromatic rings. The third kappa shape index (κ3) is 4.67. The zero-order valence-corrected chi connectivity index (χ0v) is 9.20. The molecule has 1 heterocycles. The van der Waals surface area contributed by atoms with E-state index in [4.69, 9.17) is 10.5 Å². The molecule has 1 aliphatic heterocycles. The summed E-state index contributed by atoms with van der Waals surface area (Å²) in [4.78, 5) is 12.7. The summed E-state index contributed by atoms with van der Waals surface area (Å²) in [5, 5.41) is 0. The standard InChI is InChI=1S/C7H14N2O2.2ClH/c1-6(10)9-2-3-11-7(4-8)5-9;;/h7H,2-5,8H2,1H3;2*1H. The number of hydrogen-bond acceptors (Lipinski definition) is 3. The minimum Gasteiger partial charge on any atom is -0.373 e. The average molecular weight is 231 g/mol. The van der Waals surface area contributed by atoms with Crippen LogP contribution in [0.4, 0.5) is 0 Å². The van der Waals surface area contributed by atoms with Gasteiger partial charge in [0.15, 0.2) is 0 Å². The number of halogens is 2. The number of amides is 1. The van der Waals surface area contributed by atoms with E-state index < -0.39 is 0 Å². The second kappa shape index (κ2) is 7.38. The molecule has 0 aliphatic carbocycles. The van der Waals surface area contributed by atoms with E-state index in [0.717, 1.165) is 0 Å². The summed E-state index contributed by atoms with van der Waals surface area (Å²) in [6.07, 6.45) is 0.0349. The smallest absolute Gasteiger partial charge is 0.219 e. The van der Waals surface area contributed by atoms with Gasteiger partial charge in [-0.05, 0) is 0 Å². The summed E-state index contributed by atoms with van der Waals surface area (Å²) in [5.41, 5.74) is 5.40. The van der Waals surface area contributed by atoms with Crippen molar-refractivity contribution in [3.63, 3.8) is 0 Å². The van der Waals surface area contributed by atoms with E-state index in [1.165, 1.54) is 0 Å². The lowest BCUT2D eigenvalue weighted by Gasteiger charge is -2.31. The van der Waals surface area contributed by atoms with Crippen molar-refractivity contribution in [3.8, 4) is 0 Å². The van der Waals surface area contributed by atoms with Gasteiger partial charge in [0.1, 0.15) is 0 Å². The number of carbonyl (C=O) groups excluding carboxylic acids is 1. The van der Waals surface area contributed by atoms with Crippen molar-refractivity contribution < 1.29 is 9.53 Å². The molecular formula is C7H16Cl2N2O2. The highest BCUT2D eigenvalue weighted by atomic mass is 35.5. The summed E-state index contributed by atoms with van der Waals surface area (Å²) in [7, 11) is 0. The van der Waals surface area contributed by atoms with Crippen molar-refractivity contribution in [2.45, 2.75) is 13.0 Å². The monoisotopic (exact) mass is 230 g/mol. The van der Waals surface area contributed by atoms with E-state index in [1.807, 2.05) is 0 Å². The van der Waals surface area contributed by atoms with Crippen molar-refractivity contribution in [2.24, 2.45) is 5.73 Å². The van der Waals surface area contributed by atoms with Gasteiger partial charge >= 0.3 is 0 Å². The van der Waals surface area contributed by atoms with Crippen LogP contribution in [-0.4, -0.2) is 43.2 Å². The molecule has 2 N–H and O–H groups in total. The fraction of sp³-hybridized carbons (Fsp3) is 0.857. The molecule has 4 nitrogen and oxygen atoms in total. The molecule has 0 saturated carbocycles. The van der Waals surface area contributed by atoms with Gasteiger partial charge < -0.3 is 15.4 Å². The van der Waals surface area contributed by atoms with E-state index in [1.54, 1.807) is 11.8 Å². The number of ether oxygens (including phenoxy) is 1. The second-order valence-corrected chi connectivity index (χ2v) is 2.69. The summed E-state index contributed by atoms with van der Waals surface area (Å²) >= 11 is 0. The first-order valence-corrected chi connectivity index (χ1v) is 3.81. The van der Waals surface area contributed by atoms with E-state index in [2.05, 4.69) is 0 Å². The van der Waals surface area contributed by atoms with Crippen LogP contribution in [0, 0.1) is 0 Å². The average Bonchev–Trinajstić information content (AvgIpc) is 2.05. The molecule has 1 unspecified atom stereocenters. The minimum atomic E-state index is 0. The number of morpholine rings is 1. The van der Waals surface area contributed by atoms with Crippen LogP contribution in [-0.2, 0) is 9.53 Å².